The van der Waals surface area contributed by atoms with E-state index in [2.05, 4.69) is 10.7 Å². The van der Waals surface area contributed by atoms with Crippen LogP contribution < -0.4 is 0 Å². The van der Waals surface area contributed by atoms with E-state index >= 15 is 0 Å². The summed E-state index contributed by atoms with van der Waals surface area (Å²) in [6.07, 6.45) is 4.39. The quantitative estimate of drug-likeness (QED) is 0.558. The third-order valence-electron chi connectivity index (χ3n) is 1.85. The molecule has 15 heavy (non-hydrogen) atoms. The standard InChI is InChI=1S/C12H12O3/c1-3-11(15-12(13)14-2)9-10-7-5-4-6-8-10/h1,4-8,11H,9H2,2H3/t11-/m1/s1. The molecule has 0 saturated carbocycles. The molecule has 0 N–H and O–H groups in total. The van der Waals surface area contributed by atoms with Crippen molar-refractivity contribution < 1.29 is 14.3 Å². The molecule has 0 fully saturated rings. The molecule has 3 nitrogen and oxygen atoms in total. The number of rotatable bonds is 3. The van der Waals surface area contributed by atoms with E-state index in [0.29, 0.717) is 6.42 Å². The first-order chi connectivity index (χ1) is 7.26. The highest BCUT2D eigenvalue weighted by atomic mass is 16.7. The molecule has 0 aromatic heterocycles. The molecule has 1 aromatic carbocycles. The number of benzene rings is 1. The Labute approximate surface area is 89.0 Å². The topological polar surface area (TPSA) is 35.5 Å². The number of carbonyl (C=O) groups is 1. The zero-order valence-electron chi connectivity index (χ0n) is 8.47. The Balaban J connectivity index is 2.55. The summed E-state index contributed by atoms with van der Waals surface area (Å²) >= 11 is 0. The van der Waals surface area contributed by atoms with Gasteiger partial charge in [0, 0.05) is 6.42 Å². The van der Waals surface area contributed by atoms with Crippen molar-refractivity contribution in [2.24, 2.45) is 0 Å². The molecule has 0 heterocycles. The van der Waals surface area contributed by atoms with E-state index in [1.807, 2.05) is 30.3 Å². The Bertz CT molecular complexity index is 351. The molecule has 0 saturated heterocycles. The second-order valence-electron chi connectivity index (χ2n) is 2.92. The molecule has 0 unspecified atom stereocenters. The Kier molecular flexibility index (Phi) is 4.24. The van der Waals surface area contributed by atoms with E-state index in [4.69, 9.17) is 11.2 Å². The van der Waals surface area contributed by atoms with Crippen LogP contribution in [0.3, 0.4) is 0 Å². The molecule has 0 aliphatic rings. The predicted octanol–water partition coefficient (Wildman–Crippen LogP) is 2.01. The summed E-state index contributed by atoms with van der Waals surface area (Å²) in [7, 11) is 1.25. The SMILES string of the molecule is C#C[C@H](Cc1ccccc1)OC(=O)OC. The number of hydrogen-bond acceptors (Lipinski definition) is 3. The van der Waals surface area contributed by atoms with Crippen molar-refractivity contribution in [3.05, 3.63) is 35.9 Å². The van der Waals surface area contributed by atoms with Gasteiger partial charge in [-0.25, -0.2) is 4.79 Å². The highest BCUT2D eigenvalue weighted by Gasteiger charge is 2.11. The third-order valence-corrected chi connectivity index (χ3v) is 1.85. The van der Waals surface area contributed by atoms with Crippen LogP contribution in [0.25, 0.3) is 0 Å². The second-order valence-corrected chi connectivity index (χ2v) is 2.92. The fourth-order valence-corrected chi connectivity index (χ4v) is 1.13. The second kappa shape index (κ2) is 5.71. The van der Waals surface area contributed by atoms with Crippen molar-refractivity contribution in [1.29, 1.82) is 0 Å². The largest absolute Gasteiger partial charge is 0.509 e. The van der Waals surface area contributed by atoms with Gasteiger partial charge in [0.05, 0.1) is 7.11 Å². The Morgan fingerprint density at radius 3 is 2.67 bits per heavy atom. The number of terminal acetylenes is 1. The molecule has 0 aliphatic carbocycles. The van der Waals surface area contributed by atoms with Gasteiger partial charge < -0.3 is 9.47 Å². The third kappa shape index (κ3) is 3.74. The molecular weight excluding hydrogens is 192 g/mol. The molecule has 1 aromatic rings. The van der Waals surface area contributed by atoms with Crippen LogP contribution in [0.15, 0.2) is 30.3 Å². The van der Waals surface area contributed by atoms with Crippen molar-refractivity contribution in [2.45, 2.75) is 12.5 Å². The van der Waals surface area contributed by atoms with E-state index in [0.717, 1.165) is 5.56 Å². The van der Waals surface area contributed by atoms with Crippen molar-refractivity contribution in [3.8, 4) is 12.3 Å². The molecule has 0 radical (unpaired) electrons. The summed E-state index contributed by atoms with van der Waals surface area (Å²) in [6.45, 7) is 0. The zero-order valence-corrected chi connectivity index (χ0v) is 8.47. The fraction of sp³-hybridized carbons (Fsp3) is 0.250. The van der Waals surface area contributed by atoms with Crippen molar-refractivity contribution in [3.63, 3.8) is 0 Å². The zero-order chi connectivity index (χ0) is 11.1. The van der Waals surface area contributed by atoms with Crippen LogP contribution in [0.4, 0.5) is 4.79 Å². The minimum absolute atomic E-state index is 0.493. The normalized spacial score (nSPS) is 11.2. The van der Waals surface area contributed by atoms with Crippen LogP contribution in [-0.2, 0) is 15.9 Å². The first-order valence-electron chi connectivity index (χ1n) is 4.51. The average Bonchev–Trinajstić information content (AvgIpc) is 2.29. The summed E-state index contributed by atoms with van der Waals surface area (Å²) in [5.74, 6) is 2.39. The van der Waals surface area contributed by atoms with E-state index in [9.17, 15) is 4.79 Å². The van der Waals surface area contributed by atoms with Crippen molar-refractivity contribution >= 4 is 6.16 Å². The number of ether oxygens (including phenoxy) is 2. The molecule has 0 amide bonds. The molecular formula is C12H12O3. The van der Waals surface area contributed by atoms with Crippen LogP contribution in [0, 0.1) is 12.3 Å². The minimum Gasteiger partial charge on any atom is -0.438 e. The van der Waals surface area contributed by atoms with Gasteiger partial charge in [-0.2, -0.15) is 0 Å². The maximum Gasteiger partial charge on any atom is 0.509 e. The summed E-state index contributed by atoms with van der Waals surface area (Å²) < 4.78 is 9.22. The van der Waals surface area contributed by atoms with Gasteiger partial charge in [0.25, 0.3) is 0 Å². The van der Waals surface area contributed by atoms with Gasteiger partial charge in [0.2, 0.25) is 0 Å². The smallest absolute Gasteiger partial charge is 0.438 e. The lowest BCUT2D eigenvalue weighted by molar-refractivity contribution is 0.0555. The Morgan fingerprint density at radius 1 is 1.47 bits per heavy atom. The molecule has 1 rings (SSSR count). The maximum atomic E-state index is 10.8. The molecule has 0 spiro atoms. The van der Waals surface area contributed by atoms with Crippen LogP contribution in [0.5, 0.6) is 0 Å². The van der Waals surface area contributed by atoms with Gasteiger partial charge in [-0.15, -0.1) is 6.42 Å². The fourth-order valence-electron chi connectivity index (χ4n) is 1.13. The highest BCUT2D eigenvalue weighted by Crippen LogP contribution is 2.06. The first kappa shape index (κ1) is 11.1. The molecule has 0 aliphatic heterocycles. The molecule has 3 heteroatoms. The lowest BCUT2D eigenvalue weighted by Crippen LogP contribution is -2.18. The minimum atomic E-state index is -0.756. The maximum absolute atomic E-state index is 10.8. The van der Waals surface area contributed by atoms with Gasteiger partial charge in [0.1, 0.15) is 0 Å². The van der Waals surface area contributed by atoms with Crippen LogP contribution in [0.1, 0.15) is 5.56 Å². The first-order valence-corrected chi connectivity index (χ1v) is 4.51. The number of carbonyl (C=O) groups excluding carboxylic acids is 1. The van der Waals surface area contributed by atoms with Gasteiger partial charge in [-0.1, -0.05) is 36.3 Å². The van der Waals surface area contributed by atoms with Gasteiger partial charge in [-0.05, 0) is 5.56 Å². The van der Waals surface area contributed by atoms with E-state index in [1.165, 1.54) is 7.11 Å². The van der Waals surface area contributed by atoms with Gasteiger partial charge in [0.15, 0.2) is 6.10 Å². The van der Waals surface area contributed by atoms with Crippen molar-refractivity contribution in [1.82, 2.24) is 0 Å². The van der Waals surface area contributed by atoms with Gasteiger partial charge in [-0.3, -0.25) is 0 Å². The Hall–Kier alpha value is -1.95. The number of hydrogen-bond donors (Lipinski definition) is 0. The highest BCUT2D eigenvalue weighted by molar-refractivity contribution is 5.60. The van der Waals surface area contributed by atoms with E-state index < -0.39 is 12.3 Å². The Morgan fingerprint density at radius 2 is 2.13 bits per heavy atom. The monoisotopic (exact) mass is 204 g/mol. The lowest BCUT2D eigenvalue weighted by atomic mass is 10.1. The van der Waals surface area contributed by atoms with Crippen LogP contribution >= 0.6 is 0 Å². The average molecular weight is 204 g/mol. The van der Waals surface area contributed by atoms with Gasteiger partial charge >= 0.3 is 6.16 Å². The predicted molar refractivity (Wildman–Crippen MR) is 56.3 cm³/mol. The van der Waals surface area contributed by atoms with Crippen LogP contribution in [-0.4, -0.2) is 19.4 Å². The summed E-state index contributed by atoms with van der Waals surface area (Å²) in [6, 6.07) is 9.56. The lowest BCUT2D eigenvalue weighted by Gasteiger charge is -2.10. The summed E-state index contributed by atoms with van der Waals surface area (Å²) in [5.41, 5.74) is 1.02. The summed E-state index contributed by atoms with van der Waals surface area (Å²) in [5, 5.41) is 0. The molecule has 1 atom stereocenters. The van der Waals surface area contributed by atoms with Crippen LogP contribution in [0.2, 0.25) is 0 Å². The number of methoxy groups -OCH3 is 1. The van der Waals surface area contributed by atoms with Crippen molar-refractivity contribution in [2.75, 3.05) is 7.11 Å². The molecule has 0 bridgehead atoms. The molecule has 78 valence electrons. The summed E-state index contributed by atoms with van der Waals surface area (Å²) in [4.78, 5) is 10.8. The van der Waals surface area contributed by atoms with E-state index in [-0.39, 0.29) is 0 Å². The van der Waals surface area contributed by atoms with E-state index in [1.54, 1.807) is 0 Å².